The van der Waals surface area contributed by atoms with Gasteiger partial charge in [0.15, 0.2) is 0 Å². The summed E-state index contributed by atoms with van der Waals surface area (Å²) in [7, 11) is 2.12. The molecule has 2 atom stereocenters. The highest BCUT2D eigenvalue weighted by Gasteiger charge is 2.33. The molecule has 3 N–H and O–H groups in total. The maximum atomic E-state index is 13.9. The number of hydrogen-bond acceptors (Lipinski definition) is 3. The molecule has 6 rings (SSSR count). The number of carbonyl (C=O) groups excluding carboxylic acids is 2. The second-order valence-corrected chi connectivity index (χ2v) is 12.1. The number of benzene rings is 3. The van der Waals surface area contributed by atoms with E-state index in [0.29, 0.717) is 19.0 Å². The van der Waals surface area contributed by atoms with E-state index in [1.165, 1.54) is 22.3 Å². The summed E-state index contributed by atoms with van der Waals surface area (Å²) in [4.78, 5) is 35.1. The Kier molecular flexibility index (Phi) is 8.02. The third-order valence-corrected chi connectivity index (χ3v) is 9.26. The standard InChI is InChI=1S/C35H41N5O2/c1-23-8-4-5-9-29(23)26-15-18-40(19-16-26)35(42)38-33(24(2)31-21-36-32-11-7-6-10-30(31)32)34(41)37-28-13-12-25-14-17-39(3)22-27(25)20-28/h4-13,20-21,24,26,33,36H,14-19,22H2,1-3H3,(H,37,41)(H,38,42). The van der Waals surface area contributed by atoms with Crippen LogP contribution in [0.1, 0.15) is 59.4 Å². The summed E-state index contributed by atoms with van der Waals surface area (Å²) in [6.07, 6.45) is 4.80. The van der Waals surface area contributed by atoms with Crippen LogP contribution in [-0.2, 0) is 17.8 Å². The van der Waals surface area contributed by atoms with Crippen LogP contribution >= 0.6 is 0 Å². The van der Waals surface area contributed by atoms with E-state index in [-0.39, 0.29) is 17.9 Å². The first-order chi connectivity index (χ1) is 20.4. The van der Waals surface area contributed by atoms with Crippen LogP contribution in [0.25, 0.3) is 10.9 Å². The fourth-order valence-corrected chi connectivity index (χ4v) is 6.73. The Labute approximate surface area is 248 Å². The van der Waals surface area contributed by atoms with Crippen molar-refractivity contribution in [3.63, 3.8) is 0 Å². The van der Waals surface area contributed by atoms with E-state index in [4.69, 9.17) is 0 Å². The Bertz CT molecular complexity index is 1590. The van der Waals surface area contributed by atoms with Crippen molar-refractivity contribution >= 4 is 28.5 Å². The van der Waals surface area contributed by atoms with Crippen molar-refractivity contribution in [1.82, 2.24) is 20.1 Å². The molecule has 3 amide bonds. The van der Waals surface area contributed by atoms with Gasteiger partial charge >= 0.3 is 6.03 Å². The van der Waals surface area contributed by atoms with Gasteiger partial charge in [-0.2, -0.15) is 0 Å². The summed E-state index contributed by atoms with van der Waals surface area (Å²) in [6.45, 7) is 7.41. The van der Waals surface area contributed by atoms with Gasteiger partial charge in [-0.15, -0.1) is 0 Å². The molecule has 0 saturated carbocycles. The largest absolute Gasteiger partial charge is 0.361 e. The molecule has 0 spiro atoms. The Morgan fingerprint density at radius 2 is 1.71 bits per heavy atom. The molecule has 7 nitrogen and oxygen atoms in total. The zero-order valence-corrected chi connectivity index (χ0v) is 24.8. The smallest absolute Gasteiger partial charge is 0.318 e. The van der Waals surface area contributed by atoms with E-state index < -0.39 is 6.04 Å². The second-order valence-electron chi connectivity index (χ2n) is 12.1. The lowest BCUT2D eigenvalue weighted by atomic mass is 9.87. The van der Waals surface area contributed by atoms with Crippen LogP contribution in [0.5, 0.6) is 0 Å². The lowest BCUT2D eigenvalue weighted by Gasteiger charge is -2.34. The van der Waals surface area contributed by atoms with Crippen molar-refractivity contribution < 1.29 is 9.59 Å². The predicted octanol–water partition coefficient (Wildman–Crippen LogP) is 6.16. The van der Waals surface area contributed by atoms with Crippen LogP contribution in [0, 0.1) is 6.92 Å². The number of para-hydroxylation sites is 1. The van der Waals surface area contributed by atoms with Crippen molar-refractivity contribution in [2.75, 3.05) is 32.0 Å². The van der Waals surface area contributed by atoms with Gasteiger partial charge in [-0.25, -0.2) is 4.79 Å². The van der Waals surface area contributed by atoms with Gasteiger partial charge in [-0.3, -0.25) is 4.79 Å². The summed E-state index contributed by atoms with van der Waals surface area (Å²) in [5.74, 6) is -0.0130. The van der Waals surface area contributed by atoms with Gasteiger partial charge in [0.1, 0.15) is 6.04 Å². The number of anilines is 1. The number of aryl methyl sites for hydroxylation is 1. The minimum Gasteiger partial charge on any atom is -0.361 e. The number of likely N-dealkylation sites (tertiary alicyclic amines) is 1. The topological polar surface area (TPSA) is 80.5 Å². The number of amides is 3. The van der Waals surface area contributed by atoms with Crippen LogP contribution < -0.4 is 10.6 Å². The van der Waals surface area contributed by atoms with Crippen molar-refractivity contribution in [3.8, 4) is 0 Å². The molecular weight excluding hydrogens is 522 g/mol. The van der Waals surface area contributed by atoms with Crippen LogP contribution in [0.15, 0.2) is 72.9 Å². The van der Waals surface area contributed by atoms with Crippen molar-refractivity contribution in [2.45, 2.75) is 57.5 Å². The predicted molar refractivity (Wildman–Crippen MR) is 169 cm³/mol. The van der Waals surface area contributed by atoms with Gasteiger partial charge in [0.25, 0.3) is 0 Å². The number of piperidine rings is 1. The number of nitrogens with zero attached hydrogens (tertiary/aromatic N) is 2. The van der Waals surface area contributed by atoms with Gasteiger partial charge < -0.3 is 25.4 Å². The molecule has 7 heteroatoms. The number of carbonyl (C=O) groups is 2. The molecule has 2 aliphatic rings. The first-order valence-corrected chi connectivity index (χ1v) is 15.2. The number of aromatic nitrogens is 1. The van der Waals surface area contributed by atoms with E-state index in [1.807, 2.05) is 42.3 Å². The number of nitrogens with one attached hydrogen (secondary N) is 3. The molecule has 42 heavy (non-hydrogen) atoms. The van der Waals surface area contributed by atoms with Crippen LogP contribution in [-0.4, -0.2) is 59.4 Å². The normalized spacial score (nSPS) is 17.5. The third kappa shape index (κ3) is 5.79. The Balaban J connectivity index is 1.21. The molecule has 0 radical (unpaired) electrons. The van der Waals surface area contributed by atoms with Crippen LogP contribution in [0.4, 0.5) is 10.5 Å². The molecule has 3 aromatic carbocycles. The van der Waals surface area contributed by atoms with Gasteiger partial charge in [0, 0.05) is 54.9 Å². The molecule has 1 saturated heterocycles. The van der Waals surface area contributed by atoms with Gasteiger partial charge in [0.05, 0.1) is 0 Å². The highest BCUT2D eigenvalue weighted by Crippen LogP contribution is 2.32. The fraction of sp³-hybridized carbons (Fsp3) is 0.371. The first kappa shape index (κ1) is 28.0. The summed E-state index contributed by atoms with van der Waals surface area (Å²) < 4.78 is 0. The summed E-state index contributed by atoms with van der Waals surface area (Å²) in [5, 5.41) is 7.35. The summed E-state index contributed by atoms with van der Waals surface area (Å²) >= 11 is 0. The van der Waals surface area contributed by atoms with Crippen molar-refractivity contribution in [3.05, 3.63) is 101 Å². The average molecular weight is 564 g/mol. The molecule has 1 fully saturated rings. The number of urea groups is 1. The van der Waals surface area contributed by atoms with Crippen LogP contribution in [0.2, 0.25) is 0 Å². The minimum atomic E-state index is -0.746. The Morgan fingerprint density at radius 3 is 2.52 bits per heavy atom. The van der Waals surface area contributed by atoms with E-state index in [0.717, 1.165) is 54.5 Å². The maximum absolute atomic E-state index is 13.9. The number of rotatable bonds is 6. The molecule has 1 aromatic heterocycles. The second kappa shape index (κ2) is 12.0. The minimum absolute atomic E-state index is 0.183. The van der Waals surface area contributed by atoms with Gasteiger partial charge in [-0.05, 0) is 85.2 Å². The summed E-state index contributed by atoms with van der Waals surface area (Å²) in [6, 6.07) is 21.9. The number of hydrogen-bond donors (Lipinski definition) is 3. The molecule has 218 valence electrons. The number of likely N-dealkylation sites (N-methyl/N-ethyl adjacent to an activating group) is 1. The lowest BCUT2D eigenvalue weighted by Crippen LogP contribution is -2.53. The molecule has 2 unspecified atom stereocenters. The first-order valence-electron chi connectivity index (χ1n) is 15.2. The van der Waals surface area contributed by atoms with Gasteiger partial charge in [-0.1, -0.05) is 55.5 Å². The Hall–Kier alpha value is -4.10. The molecule has 4 aromatic rings. The Morgan fingerprint density at radius 1 is 0.952 bits per heavy atom. The average Bonchev–Trinajstić information content (AvgIpc) is 3.44. The van der Waals surface area contributed by atoms with E-state index >= 15 is 0 Å². The molecule has 0 bridgehead atoms. The van der Waals surface area contributed by atoms with Crippen molar-refractivity contribution in [1.29, 1.82) is 0 Å². The van der Waals surface area contributed by atoms with E-state index in [2.05, 4.69) is 77.0 Å². The number of fused-ring (bicyclic) bond motifs is 2. The molecule has 0 aliphatic carbocycles. The van der Waals surface area contributed by atoms with E-state index in [1.54, 1.807) is 0 Å². The van der Waals surface area contributed by atoms with Crippen molar-refractivity contribution in [2.24, 2.45) is 0 Å². The van der Waals surface area contributed by atoms with Gasteiger partial charge in [0.2, 0.25) is 5.91 Å². The highest BCUT2D eigenvalue weighted by molar-refractivity contribution is 5.98. The zero-order valence-electron chi connectivity index (χ0n) is 24.8. The monoisotopic (exact) mass is 563 g/mol. The SMILES string of the molecule is Cc1ccccc1C1CCN(C(=O)NC(C(=O)Nc2ccc3c(c2)CN(C)CC3)C(C)c2c[nH]c3ccccc23)CC1. The quantitative estimate of drug-likeness (QED) is 0.263. The van der Waals surface area contributed by atoms with Crippen LogP contribution in [0.3, 0.4) is 0 Å². The zero-order chi connectivity index (χ0) is 29.2. The summed E-state index contributed by atoms with van der Waals surface area (Å²) in [5.41, 5.74) is 8.04. The molecule has 3 heterocycles. The number of H-pyrrole nitrogens is 1. The van der Waals surface area contributed by atoms with E-state index in [9.17, 15) is 9.59 Å². The highest BCUT2D eigenvalue weighted by atomic mass is 16.2. The number of aromatic amines is 1. The molecule has 2 aliphatic heterocycles. The lowest BCUT2D eigenvalue weighted by molar-refractivity contribution is -0.118. The maximum Gasteiger partial charge on any atom is 0.318 e. The third-order valence-electron chi connectivity index (χ3n) is 9.26. The molecular formula is C35H41N5O2. The fourth-order valence-electron chi connectivity index (χ4n) is 6.73.